The molecule has 170 valence electrons. The van der Waals surface area contributed by atoms with Crippen molar-refractivity contribution in [3.8, 4) is 0 Å². The van der Waals surface area contributed by atoms with Crippen LogP contribution in [0.4, 0.5) is 0 Å². The molecule has 1 rings (SSSR count). The lowest BCUT2D eigenvalue weighted by Gasteiger charge is -2.33. The van der Waals surface area contributed by atoms with E-state index < -0.39 is 0 Å². The summed E-state index contributed by atoms with van der Waals surface area (Å²) in [6.45, 7) is 8.63. The predicted octanol–water partition coefficient (Wildman–Crippen LogP) is 7.05. The van der Waals surface area contributed by atoms with Gasteiger partial charge in [-0.2, -0.15) is 0 Å². The normalized spacial score (nSPS) is 19.3. The Kier molecular flexibility index (Phi) is 16.5. The van der Waals surface area contributed by atoms with E-state index in [0.717, 1.165) is 37.1 Å². The van der Waals surface area contributed by atoms with E-state index in [1.165, 1.54) is 102 Å². The van der Waals surface area contributed by atoms with E-state index >= 15 is 0 Å². The monoisotopic (exact) mass is 407 g/mol. The highest BCUT2D eigenvalue weighted by molar-refractivity contribution is 5.76. The highest BCUT2D eigenvalue weighted by Gasteiger charge is 2.35. The fourth-order valence-electron chi connectivity index (χ4n) is 4.73. The summed E-state index contributed by atoms with van der Waals surface area (Å²) in [7, 11) is 0. The van der Waals surface area contributed by atoms with E-state index in [1.54, 1.807) is 0 Å². The number of aliphatic hydroxyl groups is 1. The van der Waals surface area contributed by atoms with Crippen LogP contribution in [0.2, 0.25) is 0 Å². The number of hydrogen-bond acceptors (Lipinski definition) is 2. The molecule has 0 spiro atoms. The van der Waals surface area contributed by atoms with Crippen LogP contribution in [-0.2, 0) is 0 Å². The number of aliphatic hydroxyl groups excluding tert-OH is 1. The number of likely N-dealkylation sites (N-methyl/N-ethyl adjacent to an activating group) is 1. The number of nitrogens with zero attached hydrogens (tertiary/aromatic N) is 2. The Morgan fingerprint density at radius 2 is 1.34 bits per heavy atom. The van der Waals surface area contributed by atoms with Crippen molar-refractivity contribution in [1.29, 1.82) is 0 Å². The topological polar surface area (TPSA) is 32.6 Å². The van der Waals surface area contributed by atoms with Crippen molar-refractivity contribution in [2.24, 2.45) is 4.99 Å². The molecule has 0 aliphatic carbocycles. The third kappa shape index (κ3) is 11.9. The molecule has 1 atom stereocenters. The van der Waals surface area contributed by atoms with Crippen LogP contribution in [0.5, 0.6) is 0 Å². The van der Waals surface area contributed by atoms with Crippen molar-refractivity contribution in [2.45, 2.75) is 117 Å². The number of amidine groups is 1. The standard InChI is InChI=1S/C26H51N2O/c1-3-5-6-7-8-9-10-11-12-13-14-15-16-17-18-19-20-21-26-27-22-23-28(26,4-2)24-25-29/h3,5,29H,4,6-25H2,1-2H3/q+1/b5-3+. The summed E-state index contributed by atoms with van der Waals surface area (Å²) >= 11 is 0. The molecule has 0 aromatic rings. The second-order valence-electron chi connectivity index (χ2n) is 8.99. The molecule has 0 amide bonds. The number of hydrogen-bond donors (Lipinski definition) is 1. The maximum Gasteiger partial charge on any atom is 0.198 e. The molecular formula is C26H51N2O+. The predicted molar refractivity (Wildman–Crippen MR) is 129 cm³/mol. The summed E-state index contributed by atoms with van der Waals surface area (Å²) in [4.78, 5) is 4.76. The average molecular weight is 408 g/mol. The molecule has 3 heteroatoms. The fraction of sp³-hybridized carbons (Fsp3) is 0.885. The number of aliphatic imine (C=N–C) groups is 1. The van der Waals surface area contributed by atoms with Gasteiger partial charge in [0.05, 0.1) is 19.7 Å². The first kappa shape index (κ1) is 26.4. The van der Waals surface area contributed by atoms with Crippen LogP contribution >= 0.6 is 0 Å². The van der Waals surface area contributed by atoms with E-state index in [9.17, 15) is 5.11 Å². The summed E-state index contributed by atoms with van der Waals surface area (Å²) in [6.07, 6.45) is 26.6. The smallest absolute Gasteiger partial charge is 0.198 e. The molecular weight excluding hydrogens is 356 g/mol. The highest BCUT2D eigenvalue weighted by atomic mass is 16.3. The Bertz CT molecular complexity index is 432. The number of quaternary nitrogens is 1. The molecule has 29 heavy (non-hydrogen) atoms. The zero-order valence-corrected chi connectivity index (χ0v) is 19.8. The van der Waals surface area contributed by atoms with Gasteiger partial charge in [0.25, 0.3) is 0 Å². The molecule has 0 bridgehead atoms. The molecule has 1 heterocycles. The average Bonchev–Trinajstić information content (AvgIpc) is 3.13. The van der Waals surface area contributed by atoms with Gasteiger partial charge in [-0.15, -0.1) is 0 Å². The first-order valence-corrected chi connectivity index (χ1v) is 12.9. The zero-order valence-electron chi connectivity index (χ0n) is 19.8. The second kappa shape index (κ2) is 18.1. The van der Waals surface area contributed by atoms with Crippen LogP contribution in [0.15, 0.2) is 17.1 Å². The van der Waals surface area contributed by atoms with Gasteiger partial charge in [0.15, 0.2) is 5.84 Å². The van der Waals surface area contributed by atoms with E-state index in [1.807, 2.05) is 0 Å². The first-order chi connectivity index (χ1) is 14.3. The Labute approximate surface area is 182 Å². The molecule has 1 N–H and O–H groups in total. The maximum absolute atomic E-state index is 9.39. The Hall–Kier alpha value is -0.670. The summed E-state index contributed by atoms with van der Waals surface area (Å²) in [6, 6.07) is 0. The summed E-state index contributed by atoms with van der Waals surface area (Å²) in [5.74, 6) is 1.36. The van der Waals surface area contributed by atoms with Gasteiger partial charge in [-0.05, 0) is 33.1 Å². The minimum atomic E-state index is 0.281. The molecule has 0 saturated heterocycles. The van der Waals surface area contributed by atoms with Crippen LogP contribution in [0, 0.1) is 0 Å². The van der Waals surface area contributed by atoms with E-state index in [4.69, 9.17) is 4.99 Å². The van der Waals surface area contributed by atoms with Crippen molar-refractivity contribution < 1.29 is 9.59 Å². The number of allylic oxidation sites excluding steroid dienone is 2. The van der Waals surface area contributed by atoms with Crippen molar-refractivity contribution in [3.63, 3.8) is 0 Å². The molecule has 0 fully saturated rings. The van der Waals surface area contributed by atoms with Crippen LogP contribution < -0.4 is 0 Å². The van der Waals surface area contributed by atoms with Gasteiger partial charge >= 0.3 is 0 Å². The van der Waals surface area contributed by atoms with Crippen LogP contribution in [0.25, 0.3) is 0 Å². The van der Waals surface area contributed by atoms with Gasteiger partial charge in [0.1, 0.15) is 13.1 Å². The quantitative estimate of drug-likeness (QED) is 0.131. The number of rotatable bonds is 20. The van der Waals surface area contributed by atoms with Gasteiger partial charge in [0, 0.05) is 6.42 Å². The first-order valence-electron chi connectivity index (χ1n) is 12.9. The van der Waals surface area contributed by atoms with Crippen molar-refractivity contribution in [3.05, 3.63) is 12.2 Å². The lowest BCUT2D eigenvalue weighted by Crippen LogP contribution is -2.52. The van der Waals surface area contributed by atoms with Gasteiger partial charge < -0.3 is 5.11 Å². The van der Waals surface area contributed by atoms with Gasteiger partial charge in [-0.3, -0.25) is 4.48 Å². The van der Waals surface area contributed by atoms with Gasteiger partial charge in [-0.25, -0.2) is 4.99 Å². The fourth-order valence-corrected chi connectivity index (χ4v) is 4.73. The Morgan fingerprint density at radius 3 is 1.83 bits per heavy atom. The largest absolute Gasteiger partial charge is 0.390 e. The third-order valence-corrected chi connectivity index (χ3v) is 6.76. The molecule has 1 unspecified atom stereocenters. The van der Waals surface area contributed by atoms with Gasteiger partial charge in [0.2, 0.25) is 0 Å². The van der Waals surface area contributed by atoms with E-state index in [-0.39, 0.29) is 6.61 Å². The molecule has 3 nitrogen and oxygen atoms in total. The Balaban J connectivity index is 1.85. The Morgan fingerprint density at radius 1 is 0.828 bits per heavy atom. The maximum atomic E-state index is 9.39. The lowest BCUT2D eigenvalue weighted by atomic mass is 10.0. The molecule has 1 aliphatic heterocycles. The highest BCUT2D eigenvalue weighted by Crippen LogP contribution is 2.20. The summed E-state index contributed by atoms with van der Waals surface area (Å²) in [5.41, 5.74) is 0. The summed E-state index contributed by atoms with van der Waals surface area (Å²) < 4.78 is 0.951. The molecule has 0 saturated carbocycles. The zero-order chi connectivity index (χ0) is 21.0. The van der Waals surface area contributed by atoms with Gasteiger partial charge in [-0.1, -0.05) is 89.2 Å². The molecule has 0 aromatic heterocycles. The van der Waals surface area contributed by atoms with Crippen LogP contribution in [0.3, 0.4) is 0 Å². The van der Waals surface area contributed by atoms with E-state index in [2.05, 4.69) is 26.0 Å². The van der Waals surface area contributed by atoms with Crippen molar-refractivity contribution in [2.75, 3.05) is 32.8 Å². The summed E-state index contributed by atoms with van der Waals surface area (Å²) in [5, 5.41) is 9.39. The van der Waals surface area contributed by atoms with Crippen LogP contribution in [0.1, 0.15) is 117 Å². The number of unbranched alkanes of at least 4 members (excludes halogenated alkanes) is 14. The second-order valence-corrected chi connectivity index (χ2v) is 8.99. The molecule has 0 aromatic carbocycles. The lowest BCUT2D eigenvalue weighted by molar-refractivity contribution is -0.835. The minimum absolute atomic E-state index is 0.281. The van der Waals surface area contributed by atoms with Crippen molar-refractivity contribution in [1.82, 2.24) is 0 Å². The van der Waals surface area contributed by atoms with Crippen LogP contribution in [-0.4, -0.2) is 48.2 Å². The molecule has 1 aliphatic rings. The van der Waals surface area contributed by atoms with Crippen molar-refractivity contribution >= 4 is 5.84 Å². The van der Waals surface area contributed by atoms with E-state index in [0.29, 0.717) is 0 Å². The third-order valence-electron chi connectivity index (χ3n) is 6.76. The minimum Gasteiger partial charge on any atom is -0.390 e. The molecule has 0 radical (unpaired) electrons. The SMILES string of the molecule is C/C=C/CCCCCCCCCCCCCCCCC1=NCC[N+]1(CC)CCO.